The number of methoxy groups -OCH3 is 1. The third kappa shape index (κ3) is 2.34. The van der Waals surface area contributed by atoms with Gasteiger partial charge in [-0.3, -0.25) is 9.36 Å². The van der Waals surface area contributed by atoms with Crippen molar-refractivity contribution in [2.24, 2.45) is 0 Å². The van der Waals surface area contributed by atoms with E-state index in [-0.39, 0.29) is 5.56 Å². The molecule has 0 fully saturated rings. The molecule has 24 heavy (non-hydrogen) atoms. The van der Waals surface area contributed by atoms with Gasteiger partial charge in [0.15, 0.2) is 0 Å². The van der Waals surface area contributed by atoms with Gasteiger partial charge in [0.05, 0.1) is 18.0 Å². The van der Waals surface area contributed by atoms with E-state index in [2.05, 4.69) is 11.1 Å². The summed E-state index contributed by atoms with van der Waals surface area (Å²) in [7, 11) is 1.65. The number of ether oxygens (including phenoxy) is 1. The van der Waals surface area contributed by atoms with Gasteiger partial charge in [-0.05, 0) is 54.0 Å². The van der Waals surface area contributed by atoms with Gasteiger partial charge in [0.1, 0.15) is 11.6 Å². The molecule has 4 rings (SSSR count). The molecule has 0 saturated heterocycles. The first-order chi connectivity index (χ1) is 11.7. The van der Waals surface area contributed by atoms with E-state index in [1.54, 1.807) is 29.9 Å². The maximum absolute atomic E-state index is 12.7. The molecule has 1 aliphatic rings. The topological polar surface area (TPSA) is 70.1 Å². The van der Waals surface area contributed by atoms with Crippen molar-refractivity contribution < 1.29 is 4.74 Å². The number of hydrogen-bond donors (Lipinski definition) is 1. The highest BCUT2D eigenvalue weighted by molar-refractivity contribution is 5.86. The Morgan fingerprint density at radius 1 is 1.21 bits per heavy atom. The lowest BCUT2D eigenvalue weighted by Gasteiger charge is -2.06. The molecule has 0 aliphatic carbocycles. The maximum Gasteiger partial charge on any atom is 0.261 e. The zero-order chi connectivity index (χ0) is 16.7. The number of nitrogen functional groups attached to an aromatic ring is 1. The number of nitrogens with two attached hydrogens (primary N) is 1. The van der Waals surface area contributed by atoms with E-state index < -0.39 is 0 Å². The summed E-state index contributed by atoms with van der Waals surface area (Å²) in [4.78, 5) is 17.3. The monoisotopic (exact) mass is 319 g/mol. The molecule has 0 saturated carbocycles. The van der Waals surface area contributed by atoms with Gasteiger partial charge in [-0.1, -0.05) is 12.1 Å². The van der Waals surface area contributed by atoms with E-state index in [9.17, 15) is 4.79 Å². The standard InChI is InChI=1S/C19H17N3O2/c1-24-15-5-2-12(3-6-15)10-13-8-9-22-18(13)21-17-11-14(20)4-7-16(17)19(22)23/h2-7,10-11H,8-9,20H2,1H3. The van der Waals surface area contributed by atoms with Gasteiger partial charge in [-0.15, -0.1) is 0 Å². The molecule has 2 heterocycles. The normalized spacial score (nSPS) is 15.0. The highest BCUT2D eigenvalue weighted by Gasteiger charge is 2.20. The SMILES string of the molecule is COc1ccc(C=C2CCn3c2nc2cc(N)ccc2c3=O)cc1. The van der Waals surface area contributed by atoms with Crippen molar-refractivity contribution in [3.63, 3.8) is 0 Å². The minimum Gasteiger partial charge on any atom is -0.497 e. The minimum atomic E-state index is -0.00636. The summed E-state index contributed by atoms with van der Waals surface area (Å²) in [6, 6.07) is 13.1. The fourth-order valence-corrected chi connectivity index (χ4v) is 3.07. The first kappa shape index (κ1) is 14.5. The average Bonchev–Trinajstić information content (AvgIpc) is 2.98. The smallest absolute Gasteiger partial charge is 0.261 e. The number of fused-ring (bicyclic) bond motifs is 2. The number of hydrogen-bond acceptors (Lipinski definition) is 4. The Hall–Kier alpha value is -3.08. The molecule has 3 aromatic rings. The van der Waals surface area contributed by atoms with E-state index in [0.717, 1.165) is 29.1 Å². The van der Waals surface area contributed by atoms with Crippen LogP contribution in [0.15, 0.2) is 47.3 Å². The fraction of sp³-hybridized carbons (Fsp3) is 0.158. The third-order valence-electron chi connectivity index (χ3n) is 4.33. The van der Waals surface area contributed by atoms with Gasteiger partial charge < -0.3 is 10.5 Å². The van der Waals surface area contributed by atoms with Gasteiger partial charge in [0.2, 0.25) is 0 Å². The molecule has 2 N–H and O–H groups in total. The van der Waals surface area contributed by atoms with E-state index in [0.29, 0.717) is 23.1 Å². The Kier molecular flexibility index (Phi) is 3.34. The molecule has 1 aliphatic heterocycles. The molecule has 0 unspecified atom stereocenters. The van der Waals surface area contributed by atoms with Crippen molar-refractivity contribution in [3.8, 4) is 5.75 Å². The summed E-state index contributed by atoms with van der Waals surface area (Å²) in [6.07, 6.45) is 2.86. The highest BCUT2D eigenvalue weighted by Crippen LogP contribution is 2.28. The van der Waals surface area contributed by atoms with E-state index in [4.69, 9.17) is 10.5 Å². The molecule has 0 bridgehead atoms. The predicted molar refractivity (Wildman–Crippen MR) is 95.9 cm³/mol. The van der Waals surface area contributed by atoms with Gasteiger partial charge >= 0.3 is 0 Å². The number of benzene rings is 2. The lowest BCUT2D eigenvalue weighted by molar-refractivity contribution is 0.415. The van der Waals surface area contributed by atoms with E-state index in [1.165, 1.54) is 0 Å². The number of nitrogens with zero attached hydrogens (tertiary/aromatic N) is 2. The van der Waals surface area contributed by atoms with Crippen LogP contribution in [0.5, 0.6) is 5.75 Å². The summed E-state index contributed by atoms with van der Waals surface area (Å²) in [6.45, 7) is 0.656. The van der Waals surface area contributed by atoms with Gasteiger partial charge in [0, 0.05) is 12.2 Å². The van der Waals surface area contributed by atoms with Crippen LogP contribution in [0.4, 0.5) is 5.69 Å². The Morgan fingerprint density at radius 2 is 2.00 bits per heavy atom. The lowest BCUT2D eigenvalue weighted by atomic mass is 10.1. The molecule has 0 amide bonds. The van der Waals surface area contributed by atoms with E-state index in [1.807, 2.05) is 24.3 Å². The summed E-state index contributed by atoms with van der Waals surface area (Å²) in [5, 5.41) is 0.610. The molecule has 5 nitrogen and oxygen atoms in total. The van der Waals surface area contributed by atoms with Crippen molar-refractivity contribution in [3.05, 3.63) is 64.2 Å². The molecular weight excluding hydrogens is 302 g/mol. The van der Waals surface area contributed by atoms with Crippen molar-refractivity contribution >= 4 is 28.2 Å². The molecule has 2 aromatic carbocycles. The molecule has 0 atom stereocenters. The van der Waals surface area contributed by atoms with Crippen LogP contribution in [0.25, 0.3) is 22.6 Å². The summed E-state index contributed by atoms with van der Waals surface area (Å²) in [5.74, 6) is 1.55. The molecule has 1 aromatic heterocycles. The number of anilines is 1. The van der Waals surface area contributed by atoms with Crippen molar-refractivity contribution in [2.75, 3.05) is 12.8 Å². The Balaban J connectivity index is 1.84. The van der Waals surface area contributed by atoms with Crippen LogP contribution in [0, 0.1) is 0 Å². The lowest BCUT2D eigenvalue weighted by Crippen LogP contribution is -2.20. The van der Waals surface area contributed by atoms with Crippen molar-refractivity contribution in [1.29, 1.82) is 0 Å². The zero-order valence-electron chi connectivity index (χ0n) is 13.3. The Labute approximate surface area is 139 Å². The summed E-state index contributed by atoms with van der Waals surface area (Å²) in [5.41, 5.74) is 9.19. The summed E-state index contributed by atoms with van der Waals surface area (Å²) >= 11 is 0. The average molecular weight is 319 g/mol. The Morgan fingerprint density at radius 3 is 2.75 bits per heavy atom. The van der Waals surface area contributed by atoms with Gasteiger partial charge in [-0.2, -0.15) is 0 Å². The fourth-order valence-electron chi connectivity index (χ4n) is 3.07. The van der Waals surface area contributed by atoms with Crippen LogP contribution < -0.4 is 16.0 Å². The number of allylic oxidation sites excluding steroid dienone is 1. The Bertz CT molecular complexity index is 1020. The second-order valence-corrected chi connectivity index (χ2v) is 5.86. The molecule has 0 radical (unpaired) electrons. The van der Waals surface area contributed by atoms with Crippen LogP contribution in [0.2, 0.25) is 0 Å². The van der Waals surface area contributed by atoms with Gasteiger partial charge in [0.25, 0.3) is 5.56 Å². The molecule has 0 spiro atoms. The zero-order valence-corrected chi connectivity index (χ0v) is 13.3. The van der Waals surface area contributed by atoms with Crippen molar-refractivity contribution in [2.45, 2.75) is 13.0 Å². The van der Waals surface area contributed by atoms with Crippen molar-refractivity contribution in [1.82, 2.24) is 9.55 Å². The second kappa shape index (κ2) is 5.53. The second-order valence-electron chi connectivity index (χ2n) is 5.86. The van der Waals surface area contributed by atoms with Crippen LogP contribution in [0.3, 0.4) is 0 Å². The third-order valence-corrected chi connectivity index (χ3v) is 4.33. The van der Waals surface area contributed by atoms with Crippen LogP contribution in [-0.2, 0) is 6.54 Å². The first-order valence-corrected chi connectivity index (χ1v) is 7.81. The predicted octanol–water partition coefficient (Wildman–Crippen LogP) is 2.93. The molecule has 5 heteroatoms. The summed E-state index contributed by atoms with van der Waals surface area (Å²) < 4.78 is 6.92. The molecular formula is C19H17N3O2. The quantitative estimate of drug-likeness (QED) is 0.737. The molecule has 120 valence electrons. The maximum atomic E-state index is 12.7. The number of rotatable bonds is 2. The highest BCUT2D eigenvalue weighted by atomic mass is 16.5. The minimum absolute atomic E-state index is 0.00636. The van der Waals surface area contributed by atoms with Crippen LogP contribution >= 0.6 is 0 Å². The number of aromatic nitrogens is 2. The van der Waals surface area contributed by atoms with E-state index >= 15 is 0 Å². The van der Waals surface area contributed by atoms with Crippen LogP contribution in [-0.4, -0.2) is 16.7 Å². The largest absolute Gasteiger partial charge is 0.497 e. The first-order valence-electron chi connectivity index (χ1n) is 7.81. The van der Waals surface area contributed by atoms with Crippen LogP contribution in [0.1, 0.15) is 17.8 Å². The van der Waals surface area contributed by atoms with Gasteiger partial charge in [-0.25, -0.2) is 4.98 Å².